The Kier molecular flexibility index (Phi) is 16.8. The fraction of sp³-hybridized carbons (Fsp3) is 1.00. The zero-order valence-electron chi connectivity index (χ0n) is 25.9. The van der Waals surface area contributed by atoms with Gasteiger partial charge in [0, 0.05) is 23.7 Å². The first-order chi connectivity index (χ1) is 14.1. The predicted octanol–water partition coefficient (Wildman–Crippen LogP) is 10.3. The van der Waals surface area contributed by atoms with Gasteiger partial charge in [-0.25, -0.2) is 0 Å². The number of rotatable bonds is 12. The molecule has 0 nitrogen and oxygen atoms in total. The van der Waals surface area contributed by atoms with Crippen molar-refractivity contribution in [3.05, 3.63) is 0 Å². The van der Waals surface area contributed by atoms with E-state index in [1.807, 2.05) is 0 Å². The average Bonchev–Trinajstić information content (AvgIpc) is 2.49. The molecule has 0 aromatic heterocycles. The molecule has 0 aromatic rings. The third-order valence-electron chi connectivity index (χ3n) is 6.58. The van der Waals surface area contributed by atoms with E-state index in [0.29, 0.717) is 15.4 Å². The van der Waals surface area contributed by atoms with Gasteiger partial charge in [0.25, 0.3) is 0 Å². The normalized spacial score (nSPS) is 14.1. The molecule has 0 aliphatic carbocycles. The Balaban J connectivity index is 0. The number of hydrogen-bond acceptors (Lipinski definition) is 0. The van der Waals surface area contributed by atoms with Crippen molar-refractivity contribution in [1.82, 2.24) is 0 Å². The fourth-order valence-corrected chi connectivity index (χ4v) is 64.7. The summed E-state index contributed by atoms with van der Waals surface area (Å²) in [5, 5.41) is 0. The third kappa shape index (κ3) is 12.0. The molecular formula is C26H64GeSi5. The van der Waals surface area contributed by atoms with Crippen LogP contribution in [0.25, 0.3) is 0 Å². The zero-order valence-corrected chi connectivity index (χ0v) is 33.0. The molecule has 192 valence electrons. The summed E-state index contributed by atoms with van der Waals surface area (Å²) in [6.07, 6.45) is 0. The molecule has 0 aromatic carbocycles. The summed E-state index contributed by atoms with van der Waals surface area (Å²) < 4.78 is 0. The first kappa shape index (κ1) is 35.8. The molecule has 0 rings (SSSR count). The van der Waals surface area contributed by atoms with Crippen molar-refractivity contribution in [2.24, 2.45) is 0 Å². The summed E-state index contributed by atoms with van der Waals surface area (Å²) in [6.45, 7) is 45.7. The maximum absolute atomic E-state index is 2.59. The average molecular weight is 590 g/mol. The van der Waals surface area contributed by atoms with Crippen LogP contribution in [0.1, 0.15) is 83.1 Å². The van der Waals surface area contributed by atoms with Gasteiger partial charge in [0.2, 0.25) is 0 Å². The van der Waals surface area contributed by atoms with Crippen LogP contribution in [0.2, 0.25) is 82.3 Å². The Labute approximate surface area is 219 Å². The van der Waals surface area contributed by atoms with Gasteiger partial charge in [0.15, 0.2) is 0 Å². The van der Waals surface area contributed by atoms with Gasteiger partial charge in [0.05, 0.1) is 0 Å². The predicted molar refractivity (Wildman–Crippen MR) is 170 cm³/mol. The van der Waals surface area contributed by atoms with E-state index in [1.54, 1.807) is 9.75 Å². The van der Waals surface area contributed by atoms with Gasteiger partial charge in [-0.05, 0) is 0 Å². The van der Waals surface area contributed by atoms with E-state index < -0.39 is 23.3 Å². The Morgan fingerprint density at radius 3 is 0.812 bits per heavy atom. The Morgan fingerprint density at radius 1 is 0.469 bits per heavy atom. The second kappa shape index (κ2) is 15.0. The first-order valence-electron chi connectivity index (χ1n) is 13.6. The molecular weight excluding hydrogens is 525 g/mol. The van der Waals surface area contributed by atoms with Crippen LogP contribution < -0.4 is 0 Å². The summed E-state index contributed by atoms with van der Waals surface area (Å²) >= 11 is 0.443. The van der Waals surface area contributed by atoms with Gasteiger partial charge in [-0.2, -0.15) is 0 Å². The second-order valence-corrected chi connectivity index (χ2v) is 51.3. The molecule has 0 aliphatic heterocycles. The Hall–Kier alpha value is 1.63. The molecule has 0 fully saturated rings. The van der Waals surface area contributed by atoms with Crippen LogP contribution in [0.5, 0.6) is 0 Å². The van der Waals surface area contributed by atoms with Crippen LogP contribution >= 0.6 is 0 Å². The molecule has 0 spiro atoms. The summed E-state index contributed by atoms with van der Waals surface area (Å²) in [7, 11) is -3.17. The van der Waals surface area contributed by atoms with E-state index in [2.05, 4.69) is 122 Å². The quantitative estimate of drug-likeness (QED) is 0.199. The fourth-order valence-electron chi connectivity index (χ4n) is 6.22. The van der Waals surface area contributed by atoms with Crippen LogP contribution in [0.15, 0.2) is 0 Å². The SMILES string of the molecule is CC(C)[Si](C(C)C)[Si](C(C)C)(C(C)C)[Si](C(C)C)C(C)C.C[Si](C)(C)[CH2][Ge][CH2][Si](C)(C)C. The van der Waals surface area contributed by atoms with E-state index in [1.165, 1.54) is 0 Å². The molecule has 0 saturated heterocycles. The van der Waals surface area contributed by atoms with E-state index >= 15 is 0 Å². The monoisotopic (exact) mass is 590 g/mol. The molecule has 0 atom stereocenters. The summed E-state index contributed by atoms with van der Waals surface area (Å²) in [4.78, 5) is 3.30. The minimum atomic E-state index is -1.26. The van der Waals surface area contributed by atoms with Crippen LogP contribution in [-0.4, -0.2) is 55.3 Å². The van der Waals surface area contributed by atoms with Gasteiger partial charge in [-0.1, -0.05) is 116 Å². The maximum atomic E-state index is 2.59. The van der Waals surface area contributed by atoms with Crippen LogP contribution in [0.4, 0.5) is 0 Å². The van der Waals surface area contributed by atoms with Gasteiger partial charge in [-0.3, -0.25) is 0 Å². The topological polar surface area (TPSA) is 0 Å². The van der Waals surface area contributed by atoms with Gasteiger partial charge < -0.3 is 0 Å². The second-order valence-electron chi connectivity index (χ2n) is 14.4. The van der Waals surface area contributed by atoms with Crippen molar-refractivity contribution < 1.29 is 0 Å². The number of hydrogen-bond donors (Lipinski definition) is 0. The van der Waals surface area contributed by atoms with Crippen molar-refractivity contribution in [2.75, 3.05) is 0 Å². The first-order valence-corrected chi connectivity index (χ1v) is 31.4. The standard InChI is InChI=1S/C18H42Si3.C8H22GeSi2/c1-13(2)19(14(3)4)21(17(9)10,18(11)12)20(15(5)6)16(7)8;1-10(2,3)7-9-8-11(4,5)6/h13-18H,1-12H3;7-8H2,1-6H3. The van der Waals surface area contributed by atoms with Crippen LogP contribution in [-0.2, 0) is 0 Å². The summed E-state index contributed by atoms with van der Waals surface area (Å²) in [5.74, 6) is 0. The van der Waals surface area contributed by atoms with Gasteiger partial charge in [-0.15, -0.1) is 0 Å². The zero-order chi connectivity index (χ0) is 26.2. The van der Waals surface area contributed by atoms with E-state index in [9.17, 15) is 0 Å². The Bertz CT molecular complexity index is 427. The molecule has 0 amide bonds. The van der Waals surface area contributed by atoms with Crippen molar-refractivity contribution in [3.8, 4) is 0 Å². The molecule has 0 N–H and O–H groups in total. The van der Waals surface area contributed by atoms with Crippen molar-refractivity contribution >= 4 is 55.3 Å². The molecule has 0 saturated carbocycles. The molecule has 0 unspecified atom stereocenters. The van der Waals surface area contributed by atoms with Gasteiger partial charge in [0.1, 0.15) is 0 Å². The summed E-state index contributed by atoms with van der Waals surface area (Å²) in [6, 6.07) is 0. The van der Waals surface area contributed by atoms with Crippen LogP contribution in [0.3, 0.4) is 0 Å². The molecule has 6 heteroatoms. The molecule has 0 heterocycles. The molecule has 4 radical (unpaired) electrons. The molecule has 0 bridgehead atoms. The third-order valence-corrected chi connectivity index (χ3v) is 61.0. The molecule has 0 aliphatic rings. The van der Waals surface area contributed by atoms with E-state index in [4.69, 9.17) is 0 Å². The van der Waals surface area contributed by atoms with E-state index in [0.717, 1.165) is 33.2 Å². The van der Waals surface area contributed by atoms with Crippen LogP contribution in [0, 0.1) is 0 Å². The minimum absolute atomic E-state index is 0.279. The summed E-state index contributed by atoms with van der Waals surface area (Å²) in [5.41, 5.74) is 5.64. The Morgan fingerprint density at radius 2 is 0.688 bits per heavy atom. The van der Waals surface area contributed by atoms with E-state index in [-0.39, 0.29) is 16.6 Å². The van der Waals surface area contributed by atoms with Crippen molar-refractivity contribution in [2.45, 2.75) is 165 Å². The van der Waals surface area contributed by atoms with Gasteiger partial charge >= 0.3 is 80.6 Å². The molecule has 32 heavy (non-hydrogen) atoms. The van der Waals surface area contributed by atoms with Crippen molar-refractivity contribution in [3.63, 3.8) is 0 Å². The van der Waals surface area contributed by atoms with Crippen molar-refractivity contribution in [1.29, 1.82) is 0 Å².